The molecule has 1 aliphatic rings. The number of halogens is 1. The number of ether oxygens (including phenoxy) is 2. The summed E-state index contributed by atoms with van der Waals surface area (Å²) >= 11 is 5.98. The van der Waals surface area contributed by atoms with Crippen molar-refractivity contribution >= 4 is 35.6 Å². The molecule has 1 N–H and O–H groups in total. The first kappa shape index (κ1) is 19.7. The number of esters is 1. The minimum atomic E-state index is -0.725. The Morgan fingerprint density at radius 3 is 2.96 bits per heavy atom. The van der Waals surface area contributed by atoms with Crippen molar-refractivity contribution in [2.24, 2.45) is 4.99 Å². The molecule has 26 heavy (non-hydrogen) atoms. The third-order valence-electron chi connectivity index (χ3n) is 3.78. The average Bonchev–Trinajstić information content (AvgIpc) is 3.10. The van der Waals surface area contributed by atoms with Crippen molar-refractivity contribution < 1.29 is 24.2 Å². The molecule has 1 aliphatic heterocycles. The number of carbonyl (C=O) groups is 2. The Labute approximate surface area is 156 Å². The summed E-state index contributed by atoms with van der Waals surface area (Å²) in [5, 5.41) is 10.5. The van der Waals surface area contributed by atoms with Gasteiger partial charge < -0.3 is 19.5 Å². The van der Waals surface area contributed by atoms with Crippen LogP contribution in [-0.4, -0.2) is 66.1 Å². The van der Waals surface area contributed by atoms with Crippen molar-refractivity contribution in [3.05, 3.63) is 34.6 Å². The largest absolute Gasteiger partial charge is 0.506 e. The molecule has 1 unspecified atom stereocenters. The number of amides is 1. The van der Waals surface area contributed by atoms with Crippen molar-refractivity contribution in [2.75, 3.05) is 26.8 Å². The van der Waals surface area contributed by atoms with E-state index in [0.29, 0.717) is 19.5 Å². The minimum Gasteiger partial charge on any atom is -0.506 e. The molecule has 0 saturated carbocycles. The van der Waals surface area contributed by atoms with E-state index in [1.807, 2.05) is 0 Å². The van der Waals surface area contributed by atoms with Crippen LogP contribution < -0.4 is 0 Å². The highest BCUT2D eigenvalue weighted by atomic mass is 35.5. The van der Waals surface area contributed by atoms with Gasteiger partial charge in [0.15, 0.2) is 0 Å². The molecule has 1 fully saturated rings. The number of aliphatic imine (C=N–C) groups is 1. The number of hydrogen-bond donors (Lipinski definition) is 1. The van der Waals surface area contributed by atoms with Crippen LogP contribution in [0.2, 0.25) is 5.15 Å². The molecule has 2 heterocycles. The van der Waals surface area contributed by atoms with Gasteiger partial charge in [0, 0.05) is 25.5 Å². The Bertz CT molecular complexity index is 735. The van der Waals surface area contributed by atoms with Gasteiger partial charge >= 0.3 is 12.1 Å². The summed E-state index contributed by atoms with van der Waals surface area (Å²) in [7, 11) is 1.32. The minimum absolute atomic E-state index is 0.0536. The lowest BCUT2D eigenvalue weighted by atomic mass is 10.1. The van der Waals surface area contributed by atoms with E-state index >= 15 is 0 Å². The van der Waals surface area contributed by atoms with E-state index < -0.39 is 12.1 Å². The molecule has 0 bridgehead atoms. The van der Waals surface area contributed by atoms with Crippen LogP contribution in [0.1, 0.15) is 18.9 Å². The third-order valence-corrected chi connectivity index (χ3v) is 4.08. The number of likely N-dealkylation sites (tertiary alicyclic amines) is 1. The Hall–Kier alpha value is -2.61. The van der Waals surface area contributed by atoms with Gasteiger partial charge in [-0.3, -0.25) is 4.99 Å². The molecule has 9 heteroatoms. The zero-order chi connectivity index (χ0) is 19.1. The van der Waals surface area contributed by atoms with E-state index in [2.05, 4.69) is 14.7 Å². The van der Waals surface area contributed by atoms with E-state index in [-0.39, 0.29) is 34.7 Å². The number of aromatic nitrogens is 1. The molecule has 1 aromatic rings. The zero-order valence-electron chi connectivity index (χ0n) is 14.5. The van der Waals surface area contributed by atoms with Crippen LogP contribution in [0.4, 0.5) is 4.79 Å². The van der Waals surface area contributed by atoms with Gasteiger partial charge in [-0.05, 0) is 25.5 Å². The highest BCUT2D eigenvalue weighted by Gasteiger charge is 2.26. The van der Waals surface area contributed by atoms with Gasteiger partial charge in [0.05, 0.1) is 25.3 Å². The normalized spacial score (nSPS) is 18.0. The highest BCUT2D eigenvalue weighted by Crippen LogP contribution is 2.23. The van der Waals surface area contributed by atoms with Gasteiger partial charge in [-0.1, -0.05) is 11.6 Å². The quantitative estimate of drug-likeness (QED) is 0.276. The summed E-state index contributed by atoms with van der Waals surface area (Å²) in [4.78, 5) is 33.5. The van der Waals surface area contributed by atoms with E-state index in [4.69, 9.17) is 16.3 Å². The van der Waals surface area contributed by atoms with Crippen molar-refractivity contribution in [1.29, 1.82) is 0 Å². The SMILES string of the molecule is CCOC(=O)C(C=NC1CCN(C(=O)OC)C1)=C(O)c1cccnc1Cl. The Morgan fingerprint density at radius 1 is 1.54 bits per heavy atom. The number of aliphatic hydroxyl groups is 1. The van der Waals surface area contributed by atoms with Crippen molar-refractivity contribution in [2.45, 2.75) is 19.4 Å². The number of rotatable bonds is 5. The van der Waals surface area contributed by atoms with E-state index in [0.717, 1.165) is 0 Å². The van der Waals surface area contributed by atoms with Gasteiger partial charge in [0.1, 0.15) is 16.5 Å². The first-order valence-electron chi connectivity index (χ1n) is 8.05. The van der Waals surface area contributed by atoms with Crippen LogP contribution in [0.15, 0.2) is 28.9 Å². The molecule has 0 aliphatic carbocycles. The second-order valence-electron chi connectivity index (χ2n) is 5.46. The highest BCUT2D eigenvalue weighted by molar-refractivity contribution is 6.31. The number of aliphatic hydroxyl groups excluding tert-OH is 1. The lowest BCUT2D eigenvalue weighted by Gasteiger charge is -2.13. The topological polar surface area (TPSA) is 101 Å². The summed E-state index contributed by atoms with van der Waals surface area (Å²) in [6.07, 6.45) is 2.92. The standard InChI is InChI=1S/C17H20ClN3O5/c1-3-26-16(23)13(14(22)12-5-4-7-19-15(12)18)9-20-11-6-8-21(10-11)17(24)25-2/h4-5,7,9,11,22H,3,6,8,10H2,1-2H3. The van der Waals surface area contributed by atoms with Gasteiger partial charge in [0.25, 0.3) is 0 Å². The first-order valence-corrected chi connectivity index (χ1v) is 8.43. The van der Waals surface area contributed by atoms with Crippen LogP contribution in [0.5, 0.6) is 0 Å². The molecule has 0 spiro atoms. The predicted molar refractivity (Wildman–Crippen MR) is 96.3 cm³/mol. The lowest BCUT2D eigenvalue weighted by Crippen LogP contribution is -2.29. The van der Waals surface area contributed by atoms with Crippen LogP contribution in [0, 0.1) is 0 Å². The second-order valence-corrected chi connectivity index (χ2v) is 5.82. The number of hydrogen-bond acceptors (Lipinski definition) is 7. The molecular weight excluding hydrogens is 362 g/mol. The fourth-order valence-electron chi connectivity index (χ4n) is 2.47. The van der Waals surface area contributed by atoms with Gasteiger partial charge in [-0.25, -0.2) is 14.6 Å². The zero-order valence-corrected chi connectivity index (χ0v) is 15.3. The van der Waals surface area contributed by atoms with Gasteiger partial charge in [-0.2, -0.15) is 0 Å². The molecular formula is C17H20ClN3O5. The Morgan fingerprint density at radius 2 is 2.31 bits per heavy atom. The molecule has 2 rings (SSSR count). The van der Waals surface area contributed by atoms with Crippen molar-refractivity contribution in [1.82, 2.24) is 9.88 Å². The van der Waals surface area contributed by atoms with Crippen LogP contribution in [0.3, 0.4) is 0 Å². The summed E-state index contributed by atoms with van der Waals surface area (Å²) in [5.74, 6) is -1.09. The molecule has 1 atom stereocenters. The lowest BCUT2D eigenvalue weighted by molar-refractivity contribution is -0.137. The van der Waals surface area contributed by atoms with Crippen LogP contribution in [-0.2, 0) is 14.3 Å². The van der Waals surface area contributed by atoms with Gasteiger partial charge in [-0.15, -0.1) is 0 Å². The Kier molecular flexibility index (Phi) is 6.97. The van der Waals surface area contributed by atoms with E-state index in [9.17, 15) is 14.7 Å². The molecule has 1 saturated heterocycles. The van der Waals surface area contributed by atoms with Crippen molar-refractivity contribution in [3.63, 3.8) is 0 Å². The second kappa shape index (κ2) is 9.19. The fourth-order valence-corrected chi connectivity index (χ4v) is 2.67. The van der Waals surface area contributed by atoms with E-state index in [1.54, 1.807) is 13.0 Å². The summed E-state index contributed by atoms with van der Waals surface area (Å²) < 4.78 is 9.66. The van der Waals surface area contributed by atoms with Gasteiger partial charge in [0.2, 0.25) is 0 Å². The van der Waals surface area contributed by atoms with Crippen LogP contribution in [0.25, 0.3) is 5.76 Å². The number of carbonyl (C=O) groups excluding carboxylic acids is 2. The predicted octanol–water partition coefficient (Wildman–Crippen LogP) is 2.48. The molecule has 1 amide bonds. The Balaban J connectivity index is 2.26. The number of methoxy groups -OCH3 is 1. The molecule has 1 aromatic heterocycles. The summed E-state index contributed by atoms with van der Waals surface area (Å²) in [6.45, 7) is 2.68. The fraction of sp³-hybridized carbons (Fsp3) is 0.412. The maximum Gasteiger partial charge on any atom is 0.409 e. The van der Waals surface area contributed by atoms with Crippen LogP contribution >= 0.6 is 11.6 Å². The first-order chi connectivity index (χ1) is 12.5. The molecule has 140 valence electrons. The van der Waals surface area contributed by atoms with Crippen molar-refractivity contribution in [3.8, 4) is 0 Å². The van der Waals surface area contributed by atoms with E-state index in [1.165, 1.54) is 30.5 Å². The maximum absolute atomic E-state index is 12.2. The summed E-state index contributed by atoms with van der Waals surface area (Å²) in [6, 6.07) is 2.91. The smallest absolute Gasteiger partial charge is 0.409 e. The molecule has 0 radical (unpaired) electrons. The maximum atomic E-state index is 12.2. The third kappa shape index (κ3) is 4.72. The summed E-state index contributed by atoms with van der Waals surface area (Å²) in [5.41, 5.74) is 0.0737. The average molecular weight is 382 g/mol. The number of nitrogens with zero attached hydrogens (tertiary/aromatic N) is 3. The molecule has 0 aromatic carbocycles. The number of pyridine rings is 1. The monoisotopic (exact) mass is 381 g/mol. The molecule has 8 nitrogen and oxygen atoms in total.